The molecule has 1 aromatic carbocycles. The van der Waals surface area contributed by atoms with Crippen LogP contribution in [0.25, 0.3) is 11.3 Å². The second-order valence-corrected chi connectivity index (χ2v) is 4.82. The van der Waals surface area contributed by atoms with Gasteiger partial charge in [-0.25, -0.2) is 4.79 Å². The molecule has 1 aliphatic carbocycles. The van der Waals surface area contributed by atoms with Crippen molar-refractivity contribution in [2.75, 3.05) is 0 Å². The van der Waals surface area contributed by atoms with E-state index in [2.05, 4.69) is 0 Å². The van der Waals surface area contributed by atoms with E-state index >= 15 is 0 Å². The Morgan fingerprint density at radius 1 is 1.11 bits per heavy atom. The predicted octanol–water partition coefficient (Wildman–Crippen LogP) is 3.12. The van der Waals surface area contributed by atoms with E-state index in [-0.39, 0.29) is 0 Å². The molecule has 1 N–H and O–H groups in total. The lowest BCUT2D eigenvalue weighted by molar-refractivity contribution is -0.152. The van der Waals surface area contributed by atoms with Gasteiger partial charge in [0.1, 0.15) is 5.54 Å². The molecule has 0 saturated heterocycles. The number of carboxylic acids is 1. The van der Waals surface area contributed by atoms with Crippen LogP contribution in [0.3, 0.4) is 0 Å². The molecular formula is C15H15NO2. The number of nitrogens with zero attached hydrogens (tertiary/aromatic N) is 1. The summed E-state index contributed by atoms with van der Waals surface area (Å²) in [6, 6.07) is 13.8. The third-order valence-corrected chi connectivity index (χ3v) is 3.86. The minimum Gasteiger partial charge on any atom is -0.479 e. The maximum atomic E-state index is 11.6. The van der Waals surface area contributed by atoms with Gasteiger partial charge in [0.25, 0.3) is 0 Å². The van der Waals surface area contributed by atoms with E-state index in [0.29, 0.717) is 0 Å². The third-order valence-electron chi connectivity index (χ3n) is 3.86. The van der Waals surface area contributed by atoms with E-state index in [1.807, 2.05) is 53.2 Å². The maximum Gasteiger partial charge on any atom is 0.329 e. The molecule has 1 aliphatic rings. The Morgan fingerprint density at radius 3 is 2.39 bits per heavy atom. The van der Waals surface area contributed by atoms with Crippen LogP contribution in [0.4, 0.5) is 0 Å². The number of hydrogen-bond acceptors (Lipinski definition) is 1. The van der Waals surface area contributed by atoms with Crippen molar-refractivity contribution in [1.29, 1.82) is 0 Å². The van der Waals surface area contributed by atoms with Crippen molar-refractivity contribution in [2.24, 2.45) is 0 Å². The molecule has 92 valence electrons. The van der Waals surface area contributed by atoms with Gasteiger partial charge >= 0.3 is 5.97 Å². The van der Waals surface area contributed by atoms with Crippen LogP contribution in [0.1, 0.15) is 19.3 Å². The zero-order chi connectivity index (χ0) is 12.6. The molecule has 1 saturated carbocycles. The fourth-order valence-electron chi connectivity index (χ4n) is 2.67. The van der Waals surface area contributed by atoms with Gasteiger partial charge in [-0.1, -0.05) is 30.3 Å². The van der Waals surface area contributed by atoms with Crippen molar-refractivity contribution >= 4 is 5.97 Å². The van der Waals surface area contributed by atoms with Crippen molar-refractivity contribution < 1.29 is 9.90 Å². The SMILES string of the molecule is O=C(O)C1(n2cccc2-c2ccccc2)CCC1. The van der Waals surface area contributed by atoms with Gasteiger partial charge < -0.3 is 9.67 Å². The smallest absolute Gasteiger partial charge is 0.329 e. The topological polar surface area (TPSA) is 42.2 Å². The standard InChI is InChI=1S/C15H15NO2/c17-14(18)15(9-5-10-15)16-11-4-8-13(16)12-6-2-1-3-7-12/h1-4,6-8,11H,5,9-10H2,(H,17,18). The van der Waals surface area contributed by atoms with Crippen LogP contribution >= 0.6 is 0 Å². The number of aromatic nitrogens is 1. The summed E-state index contributed by atoms with van der Waals surface area (Å²) in [5, 5.41) is 9.51. The molecule has 3 rings (SSSR count). The number of aliphatic carboxylic acids is 1. The van der Waals surface area contributed by atoms with E-state index < -0.39 is 11.5 Å². The summed E-state index contributed by atoms with van der Waals surface area (Å²) in [6.07, 6.45) is 4.31. The number of carbonyl (C=O) groups is 1. The van der Waals surface area contributed by atoms with E-state index in [4.69, 9.17) is 0 Å². The third kappa shape index (κ3) is 1.47. The summed E-state index contributed by atoms with van der Waals surface area (Å²) in [5.41, 5.74) is 1.32. The second kappa shape index (κ2) is 4.02. The van der Waals surface area contributed by atoms with Crippen molar-refractivity contribution in [3.8, 4) is 11.3 Å². The van der Waals surface area contributed by atoms with Crippen LogP contribution in [0.2, 0.25) is 0 Å². The largest absolute Gasteiger partial charge is 0.479 e. The van der Waals surface area contributed by atoms with E-state index in [1.54, 1.807) is 0 Å². The molecule has 3 heteroatoms. The van der Waals surface area contributed by atoms with Crippen LogP contribution in [0.15, 0.2) is 48.7 Å². The zero-order valence-electron chi connectivity index (χ0n) is 10.0. The molecule has 1 aromatic heterocycles. The molecule has 1 fully saturated rings. The summed E-state index contributed by atoms with van der Waals surface area (Å²) >= 11 is 0. The Labute approximate surface area is 106 Å². The average molecular weight is 241 g/mol. The lowest BCUT2D eigenvalue weighted by atomic mass is 9.76. The van der Waals surface area contributed by atoms with E-state index in [9.17, 15) is 9.90 Å². The summed E-state index contributed by atoms with van der Waals surface area (Å²) in [6.45, 7) is 0. The first-order valence-electron chi connectivity index (χ1n) is 6.21. The lowest BCUT2D eigenvalue weighted by Crippen LogP contribution is -2.47. The van der Waals surface area contributed by atoms with Crippen LogP contribution in [0.5, 0.6) is 0 Å². The highest BCUT2D eigenvalue weighted by atomic mass is 16.4. The van der Waals surface area contributed by atoms with Crippen LogP contribution in [-0.4, -0.2) is 15.6 Å². The van der Waals surface area contributed by atoms with Gasteiger partial charge in [0, 0.05) is 11.9 Å². The van der Waals surface area contributed by atoms with E-state index in [1.165, 1.54) is 0 Å². The quantitative estimate of drug-likeness (QED) is 0.897. The van der Waals surface area contributed by atoms with Crippen molar-refractivity contribution in [2.45, 2.75) is 24.8 Å². The molecule has 0 bridgehead atoms. The summed E-state index contributed by atoms with van der Waals surface area (Å²) in [5.74, 6) is -0.720. The van der Waals surface area contributed by atoms with Gasteiger partial charge in [0.2, 0.25) is 0 Å². The fraction of sp³-hybridized carbons (Fsp3) is 0.267. The zero-order valence-corrected chi connectivity index (χ0v) is 10.0. The molecule has 3 nitrogen and oxygen atoms in total. The molecule has 0 radical (unpaired) electrons. The minimum absolute atomic E-state index is 0.719. The highest BCUT2D eigenvalue weighted by Gasteiger charge is 2.46. The Kier molecular flexibility index (Phi) is 2.47. The predicted molar refractivity (Wildman–Crippen MR) is 69.3 cm³/mol. The summed E-state index contributed by atoms with van der Waals surface area (Å²) < 4.78 is 1.92. The number of rotatable bonds is 3. The first-order valence-corrected chi connectivity index (χ1v) is 6.21. The Bertz CT molecular complexity index is 567. The van der Waals surface area contributed by atoms with Gasteiger partial charge in [-0.2, -0.15) is 0 Å². The lowest BCUT2D eigenvalue weighted by Gasteiger charge is -2.40. The molecule has 0 aliphatic heterocycles. The Morgan fingerprint density at radius 2 is 1.83 bits per heavy atom. The number of carboxylic acid groups (broad SMARTS) is 1. The van der Waals surface area contributed by atoms with Gasteiger partial charge in [-0.05, 0) is 37.0 Å². The van der Waals surface area contributed by atoms with Gasteiger partial charge in [0.05, 0.1) is 0 Å². The van der Waals surface area contributed by atoms with Crippen molar-refractivity contribution in [1.82, 2.24) is 4.57 Å². The minimum atomic E-state index is -0.728. The summed E-state index contributed by atoms with van der Waals surface area (Å²) in [4.78, 5) is 11.6. The van der Waals surface area contributed by atoms with Crippen molar-refractivity contribution in [3.05, 3.63) is 48.7 Å². The second-order valence-electron chi connectivity index (χ2n) is 4.82. The van der Waals surface area contributed by atoms with Gasteiger partial charge in [0.15, 0.2) is 0 Å². The molecule has 18 heavy (non-hydrogen) atoms. The first kappa shape index (κ1) is 11.1. The Balaban J connectivity index is 2.10. The van der Waals surface area contributed by atoms with Gasteiger partial charge in [-0.15, -0.1) is 0 Å². The first-order chi connectivity index (χ1) is 8.74. The Hall–Kier alpha value is -2.03. The van der Waals surface area contributed by atoms with Crippen LogP contribution in [-0.2, 0) is 10.3 Å². The monoisotopic (exact) mass is 241 g/mol. The molecule has 2 aromatic rings. The molecule has 0 spiro atoms. The van der Waals surface area contributed by atoms with Gasteiger partial charge in [-0.3, -0.25) is 0 Å². The normalized spacial score (nSPS) is 17.1. The number of hydrogen-bond donors (Lipinski definition) is 1. The van der Waals surface area contributed by atoms with Crippen LogP contribution in [0, 0.1) is 0 Å². The average Bonchev–Trinajstić information content (AvgIpc) is 2.77. The maximum absolute atomic E-state index is 11.6. The highest BCUT2D eigenvalue weighted by Crippen LogP contribution is 2.42. The highest BCUT2D eigenvalue weighted by molar-refractivity contribution is 5.79. The fourth-order valence-corrected chi connectivity index (χ4v) is 2.67. The molecule has 0 unspecified atom stereocenters. The van der Waals surface area contributed by atoms with Crippen molar-refractivity contribution in [3.63, 3.8) is 0 Å². The molecule has 1 heterocycles. The molecule has 0 amide bonds. The van der Waals surface area contributed by atoms with Crippen LogP contribution < -0.4 is 0 Å². The summed E-state index contributed by atoms with van der Waals surface area (Å²) in [7, 11) is 0. The molecular weight excluding hydrogens is 226 g/mol. The number of benzene rings is 1. The van der Waals surface area contributed by atoms with E-state index in [0.717, 1.165) is 30.5 Å². The molecule has 0 atom stereocenters.